The molecule has 0 unspecified atom stereocenters. The van der Waals surface area contributed by atoms with Crippen molar-refractivity contribution in [2.45, 2.75) is 13.8 Å². The average molecular weight is 420 g/mol. The van der Waals surface area contributed by atoms with E-state index in [0.717, 1.165) is 19.2 Å². The van der Waals surface area contributed by atoms with E-state index in [2.05, 4.69) is 0 Å². The van der Waals surface area contributed by atoms with Crippen LogP contribution in [0, 0.1) is 23.3 Å². The fraction of sp³-hybridized carbons (Fsp3) is 0.300. The fourth-order valence-electron chi connectivity index (χ4n) is 2.43. The number of methoxy groups -OCH3 is 1. The summed E-state index contributed by atoms with van der Waals surface area (Å²) in [7, 11) is 1.45. The third-order valence-electron chi connectivity index (χ3n) is 4.08. The van der Waals surface area contributed by atoms with Gasteiger partial charge in [0.15, 0.2) is 11.6 Å². The highest BCUT2D eigenvalue weighted by molar-refractivity contribution is 5.85. The standard InChI is InChI=1S/C20H21F4NO2.ClH/c1-4-25(5-2)12-6-7-15-16(21)18(23)20(19(24)17(15)22)27-14-10-8-13(26-3)9-11-14;/h6-11H,4-5,12H2,1-3H3;1H. The second kappa shape index (κ2) is 10.9. The Balaban J connectivity index is 0.00000392. The Morgan fingerprint density at radius 2 is 1.36 bits per heavy atom. The van der Waals surface area contributed by atoms with Crippen LogP contribution in [-0.4, -0.2) is 31.6 Å². The molecular formula is C20H22ClF4NO2. The molecule has 0 fully saturated rings. The summed E-state index contributed by atoms with van der Waals surface area (Å²) in [4.78, 5) is 1.97. The summed E-state index contributed by atoms with van der Waals surface area (Å²) in [5.74, 6) is -6.82. The van der Waals surface area contributed by atoms with Crippen LogP contribution < -0.4 is 9.47 Å². The molecule has 0 aliphatic carbocycles. The predicted molar refractivity (Wildman–Crippen MR) is 103 cm³/mol. The van der Waals surface area contributed by atoms with Gasteiger partial charge in [-0.05, 0) is 37.4 Å². The van der Waals surface area contributed by atoms with E-state index in [0.29, 0.717) is 12.3 Å². The monoisotopic (exact) mass is 419 g/mol. The molecule has 0 aliphatic rings. The van der Waals surface area contributed by atoms with E-state index in [9.17, 15) is 17.6 Å². The molecule has 154 valence electrons. The lowest BCUT2D eigenvalue weighted by Crippen LogP contribution is -2.22. The zero-order valence-electron chi connectivity index (χ0n) is 15.8. The first kappa shape index (κ1) is 23.8. The van der Waals surface area contributed by atoms with Crippen molar-refractivity contribution < 1.29 is 27.0 Å². The Hall–Kier alpha value is -2.25. The summed E-state index contributed by atoms with van der Waals surface area (Å²) in [5, 5.41) is 0. The molecule has 0 aliphatic heterocycles. The van der Waals surface area contributed by atoms with Crippen LogP contribution in [0.1, 0.15) is 19.4 Å². The largest absolute Gasteiger partial charge is 0.497 e. The summed E-state index contributed by atoms with van der Waals surface area (Å²) in [6.07, 6.45) is 2.49. The van der Waals surface area contributed by atoms with Gasteiger partial charge < -0.3 is 14.4 Å². The van der Waals surface area contributed by atoms with Crippen molar-refractivity contribution in [3.63, 3.8) is 0 Å². The van der Waals surface area contributed by atoms with E-state index < -0.39 is 34.6 Å². The summed E-state index contributed by atoms with van der Waals surface area (Å²) in [6.45, 7) is 5.75. The predicted octanol–water partition coefficient (Wildman–Crippen LogP) is 5.82. The molecule has 0 heterocycles. The highest BCUT2D eigenvalue weighted by Gasteiger charge is 2.26. The van der Waals surface area contributed by atoms with Crippen LogP contribution >= 0.6 is 12.4 Å². The number of nitrogens with zero attached hydrogens (tertiary/aromatic N) is 1. The number of rotatable bonds is 8. The molecule has 0 radical (unpaired) electrons. The van der Waals surface area contributed by atoms with Crippen LogP contribution in [0.15, 0.2) is 30.3 Å². The zero-order chi connectivity index (χ0) is 20.0. The second-order valence-corrected chi connectivity index (χ2v) is 5.66. The Kier molecular flexibility index (Phi) is 9.28. The Labute approximate surface area is 168 Å². The summed E-state index contributed by atoms with van der Waals surface area (Å²) in [6, 6.07) is 5.71. The van der Waals surface area contributed by atoms with Gasteiger partial charge in [0.1, 0.15) is 11.5 Å². The van der Waals surface area contributed by atoms with Crippen molar-refractivity contribution in [3.8, 4) is 17.2 Å². The number of halogens is 5. The molecule has 0 N–H and O–H groups in total. The van der Waals surface area contributed by atoms with E-state index in [1.165, 1.54) is 37.5 Å². The van der Waals surface area contributed by atoms with Crippen molar-refractivity contribution in [1.82, 2.24) is 4.90 Å². The molecule has 8 heteroatoms. The van der Waals surface area contributed by atoms with E-state index in [1.807, 2.05) is 18.7 Å². The summed E-state index contributed by atoms with van der Waals surface area (Å²) in [5.41, 5.74) is -0.778. The van der Waals surface area contributed by atoms with Gasteiger partial charge in [-0.1, -0.05) is 26.0 Å². The molecular weight excluding hydrogens is 398 g/mol. The molecule has 0 amide bonds. The van der Waals surface area contributed by atoms with Crippen molar-refractivity contribution >= 4 is 18.5 Å². The van der Waals surface area contributed by atoms with Crippen LogP contribution in [-0.2, 0) is 0 Å². The molecule has 0 saturated carbocycles. The fourth-order valence-corrected chi connectivity index (χ4v) is 2.43. The van der Waals surface area contributed by atoms with Gasteiger partial charge in [-0.15, -0.1) is 12.4 Å². The Morgan fingerprint density at radius 1 is 0.857 bits per heavy atom. The summed E-state index contributed by atoms with van der Waals surface area (Å²) < 4.78 is 67.1. The van der Waals surface area contributed by atoms with Crippen LogP contribution in [0.3, 0.4) is 0 Å². The minimum atomic E-state index is -1.59. The van der Waals surface area contributed by atoms with E-state index >= 15 is 0 Å². The lowest BCUT2D eigenvalue weighted by Gasteiger charge is -2.15. The first-order chi connectivity index (χ1) is 12.9. The van der Waals surface area contributed by atoms with Crippen LogP contribution in [0.2, 0.25) is 0 Å². The molecule has 28 heavy (non-hydrogen) atoms. The van der Waals surface area contributed by atoms with E-state index in [4.69, 9.17) is 9.47 Å². The van der Waals surface area contributed by atoms with Crippen LogP contribution in [0.5, 0.6) is 17.2 Å². The third-order valence-corrected chi connectivity index (χ3v) is 4.08. The normalized spacial score (nSPS) is 11.0. The van der Waals surface area contributed by atoms with Crippen molar-refractivity contribution in [2.75, 3.05) is 26.7 Å². The second-order valence-electron chi connectivity index (χ2n) is 5.66. The van der Waals surface area contributed by atoms with Gasteiger partial charge in [-0.2, -0.15) is 8.78 Å². The van der Waals surface area contributed by atoms with Crippen molar-refractivity contribution in [2.24, 2.45) is 0 Å². The molecule has 3 nitrogen and oxygen atoms in total. The van der Waals surface area contributed by atoms with Gasteiger partial charge in [0, 0.05) is 6.54 Å². The average Bonchev–Trinajstić information content (AvgIpc) is 2.70. The molecule has 2 aromatic rings. The molecule has 0 atom stereocenters. The minimum Gasteiger partial charge on any atom is -0.497 e. The van der Waals surface area contributed by atoms with E-state index in [1.54, 1.807) is 0 Å². The quantitative estimate of drug-likeness (QED) is 0.397. The van der Waals surface area contributed by atoms with Crippen molar-refractivity contribution in [3.05, 3.63) is 59.2 Å². The molecule has 2 aromatic carbocycles. The Morgan fingerprint density at radius 3 is 1.82 bits per heavy atom. The van der Waals surface area contributed by atoms with E-state index in [-0.39, 0.29) is 18.2 Å². The number of likely N-dealkylation sites (N-methyl/N-ethyl adjacent to an activating group) is 1. The molecule has 0 bridgehead atoms. The molecule has 0 spiro atoms. The zero-order valence-corrected chi connectivity index (χ0v) is 16.6. The smallest absolute Gasteiger partial charge is 0.205 e. The maximum absolute atomic E-state index is 14.3. The topological polar surface area (TPSA) is 21.7 Å². The van der Waals surface area contributed by atoms with Gasteiger partial charge in [-0.25, -0.2) is 8.78 Å². The number of hydrogen-bond acceptors (Lipinski definition) is 3. The lowest BCUT2D eigenvalue weighted by molar-refractivity contribution is 0.337. The third kappa shape index (κ3) is 5.39. The number of ether oxygens (including phenoxy) is 2. The maximum atomic E-state index is 14.3. The highest BCUT2D eigenvalue weighted by atomic mass is 35.5. The van der Waals surface area contributed by atoms with Gasteiger partial charge in [-0.3, -0.25) is 0 Å². The van der Waals surface area contributed by atoms with Gasteiger partial charge in [0.2, 0.25) is 17.4 Å². The summed E-state index contributed by atoms with van der Waals surface area (Å²) >= 11 is 0. The van der Waals surface area contributed by atoms with Gasteiger partial charge in [0.05, 0.1) is 12.7 Å². The number of benzene rings is 2. The van der Waals surface area contributed by atoms with Gasteiger partial charge >= 0.3 is 0 Å². The van der Waals surface area contributed by atoms with Crippen LogP contribution in [0.25, 0.3) is 6.08 Å². The highest BCUT2D eigenvalue weighted by Crippen LogP contribution is 2.34. The first-order valence-electron chi connectivity index (χ1n) is 8.49. The van der Waals surface area contributed by atoms with Crippen molar-refractivity contribution in [1.29, 1.82) is 0 Å². The van der Waals surface area contributed by atoms with Crippen LogP contribution in [0.4, 0.5) is 17.6 Å². The Bertz CT molecular complexity index is 780. The first-order valence-corrected chi connectivity index (χ1v) is 8.49. The lowest BCUT2D eigenvalue weighted by atomic mass is 10.1. The number of hydrogen-bond donors (Lipinski definition) is 0. The molecule has 0 aromatic heterocycles. The molecule has 2 rings (SSSR count). The van der Waals surface area contributed by atoms with Gasteiger partial charge in [0.25, 0.3) is 0 Å². The minimum absolute atomic E-state index is 0. The SMILES string of the molecule is CCN(CC)CC=Cc1c(F)c(F)c(Oc2ccc(OC)cc2)c(F)c1F.Cl. The molecule has 0 saturated heterocycles. The maximum Gasteiger partial charge on any atom is 0.205 e.